The predicted octanol–water partition coefficient (Wildman–Crippen LogP) is 1.21. The first-order chi connectivity index (χ1) is 10.1. The molecule has 0 bridgehead atoms. The Balaban J connectivity index is 4.75. The van der Waals surface area contributed by atoms with E-state index >= 15 is 0 Å². The summed E-state index contributed by atoms with van der Waals surface area (Å²) in [5.41, 5.74) is -0.174. The standard InChI is InChI=1S/C16H31N3O3/c1-7-8-18-14(21)10-12(9-13(20)17-6)19-15(22)11(2)16(3,4)5/h11-12H,7-10H2,1-6H3,(H,17,20)(H,18,21)(H,19,22). The molecule has 0 fully saturated rings. The van der Waals surface area contributed by atoms with Crippen molar-refractivity contribution >= 4 is 17.7 Å². The Morgan fingerprint density at radius 2 is 1.59 bits per heavy atom. The molecule has 6 nitrogen and oxygen atoms in total. The first-order valence-electron chi connectivity index (χ1n) is 7.89. The summed E-state index contributed by atoms with van der Waals surface area (Å²) < 4.78 is 0. The van der Waals surface area contributed by atoms with Gasteiger partial charge in [0.2, 0.25) is 17.7 Å². The van der Waals surface area contributed by atoms with Crippen LogP contribution in [-0.4, -0.2) is 37.4 Å². The Hall–Kier alpha value is -1.59. The van der Waals surface area contributed by atoms with Gasteiger partial charge in [0.1, 0.15) is 0 Å². The molecular formula is C16H31N3O3. The van der Waals surface area contributed by atoms with E-state index in [1.165, 1.54) is 7.05 Å². The summed E-state index contributed by atoms with van der Waals surface area (Å²) in [4.78, 5) is 35.7. The van der Waals surface area contributed by atoms with Gasteiger partial charge in [0.15, 0.2) is 0 Å². The molecule has 0 rings (SSSR count). The molecule has 0 aliphatic carbocycles. The van der Waals surface area contributed by atoms with Gasteiger partial charge in [-0.1, -0.05) is 34.6 Å². The van der Waals surface area contributed by atoms with Gasteiger partial charge in [-0.25, -0.2) is 0 Å². The maximum Gasteiger partial charge on any atom is 0.223 e. The maximum absolute atomic E-state index is 12.3. The lowest BCUT2D eigenvalue weighted by Gasteiger charge is -2.28. The molecule has 3 N–H and O–H groups in total. The molecule has 6 heteroatoms. The lowest BCUT2D eigenvalue weighted by molar-refractivity contribution is -0.129. The highest BCUT2D eigenvalue weighted by Gasteiger charge is 2.29. The van der Waals surface area contributed by atoms with E-state index in [0.717, 1.165) is 6.42 Å². The van der Waals surface area contributed by atoms with Crippen molar-refractivity contribution in [2.75, 3.05) is 13.6 Å². The highest BCUT2D eigenvalue weighted by Crippen LogP contribution is 2.25. The van der Waals surface area contributed by atoms with Gasteiger partial charge in [-0.05, 0) is 11.8 Å². The second-order valence-electron chi connectivity index (χ2n) is 6.72. The molecule has 0 aromatic rings. The van der Waals surface area contributed by atoms with E-state index in [1.54, 1.807) is 0 Å². The van der Waals surface area contributed by atoms with Gasteiger partial charge < -0.3 is 16.0 Å². The molecule has 0 saturated heterocycles. The van der Waals surface area contributed by atoms with Crippen LogP contribution >= 0.6 is 0 Å². The van der Waals surface area contributed by atoms with Gasteiger partial charge in [0.05, 0.1) is 0 Å². The highest BCUT2D eigenvalue weighted by molar-refractivity contribution is 5.84. The number of hydrogen-bond acceptors (Lipinski definition) is 3. The number of hydrogen-bond donors (Lipinski definition) is 3. The van der Waals surface area contributed by atoms with Crippen molar-refractivity contribution < 1.29 is 14.4 Å². The second-order valence-corrected chi connectivity index (χ2v) is 6.72. The summed E-state index contributed by atoms with van der Waals surface area (Å²) in [5.74, 6) is -0.695. The molecule has 0 radical (unpaired) electrons. The average Bonchev–Trinajstić information content (AvgIpc) is 2.42. The molecule has 2 unspecified atom stereocenters. The van der Waals surface area contributed by atoms with Crippen LogP contribution in [0.15, 0.2) is 0 Å². The Morgan fingerprint density at radius 1 is 1.05 bits per heavy atom. The van der Waals surface area contributed by atoms with Gasteiger partial charge in [0, 0.05) is 38.4 Å². The zero-order valence-corrected chi connectivity index (χ0v) is 14.7. The molecule has 0 spiro atoms. The minimum absolute atomic E-state index is 0.0959. The molecule has 128 valence electrons. The molecule has 2 atom stereocenters. The van der Waals surface area contributed by atoms with Gasteiger partial charge in [-0.3, -0.25) is 14.4 Å². The normalized spacial score (nSPS) is 13.9. The Morgan fingerprint density at radius 3 is 2.05 bits per heavy atom. The van der Waals surface area contributed by atoms with Crippen LogP contribution in [0, 0.1) is 11.3 Å². The fraction of sp³-hybridized carbons (Fsp3) is 0.812. The minimum Gasteiger partial charge on any atom is -0.359 e. The van der Waals surface area contributed by atoms with Crippen LogP contribution in [0.4, 0.5) is 0 Å². The monoisotopic (exact) mass is 313 g/mol. The Kier molecular flexibility index (Phi) is 8.75. The third-order valence-electron chi connectivity index (χ3n) is 3.75. The van der Waals surface area contributed by atoms with Crippen molar-refractivity contribution in [1.82, 2.24) is 16.0 Å². The predicted molar refractivity (Wildman–Crippen MR) is 87.2 cm³/mol. The first kappa shape index (κ1) is 20.4. The second kappa shape index (κ2) is 9.43. The third-order valence-corrected chi connectivity index (χ3v) is 3.75. The number of amides is 3. The molecule has 3 amide bonds. The zero-order valence-electron chi connectivity index (χ0n) is 14.7. The van der Waals surface area contributed by atoms with Crippen molar-refractivity contribution in [1.29, 1.82) is 0 Å². The van der Waals surface area contributed by atoms with Crippen molar-refractivity contribution in [2.24, 2.45) is 11.3 Å². The quantitative estimate of drug-likeness (QED) is 0.629. The lowest BCUT2D eigenvalue weighted by atomic mass is 9.81. The number of nitrogens with one attached hydrogen (secondary N) is 3. The van der Waals surface area contributed by atoms with Crippen molar-refractivity contribution in [3.8, 4) is 0 Å². The van der Waals surface area contributed by atoms with Gasteiger partial charge in [-0.15, -0.1) is 0 Å². The van der Waals surface area contributed by atoms with Crippen LogP contribution in [0.3, 0.4) is 0 Å². The van der Waals surface area contributed by atoms with E-state index in [0.29, 0.717) is 6.54 Å². The van der Waals surface area contributed by atoms with E-state index in [-0.39, 0.29) is 41.9 Å². The lowest BCUT2D eigenvalue weighted by Crippen LogP contribution is -2.46. The topological polar surface area (TPSA) is 87.3 Å². The van der Waals surface area contributed by atoms with Crippen molar-refractivity contribution in [2.45, 2.75) is 59.9 Å². The Bertz CT molecular complexity index is 389. The average molecular weight is 313 g/mol. The summed E-state index contributed by atoms with van der Waals surface area (Å²) in [5, 5.41) is 8.12. The van der Waals surface area contributed by atoms with Gasteiger partial charge in [-0.2, -0.15) is 0 Å². The van der Waals surface area contributed by atoms with Crippen molar-refractivity contribution in [3.05, 3.63) is 0 Å². The van der Waals surface area contributed by atoms with E-state index in [2.05, 4.69) is 16.0 Å². The summed E-state index contributed by atoms with van der Waals surface area (Å²) in [7, 11) is 1.54. The van der Waals surface area contributed by atoms with Crippen LogP contribution < -0.4 is 16.0 Å². The molecule has 0 aliphatic rings. The molecule has 0 heterocycles. The van der Waals surface area contributed by atoms with E-state index in [1.807, 2.05) is 34.6 Å². The number of carbonyl (C=O) groups excluding carboxylic acids is 3. The zero-order chi connectivity index (χ0) is 17.3. The summed E-state index contributed by atoms with van der Waals surface area (Å²) >= 11 is 0. The van der Waals surface area contributed by atoms with E-state index in [4.69, 9.17) is 0 Å². The molecule has 0 saturated carbocycles. The number of rotatable bonds is 8. The molecular weight excluding hydrogens is 282 g/mol. The molecule has 22 heavy (non-hydrogen) atoms. The van der Waals surface area contributed by atoms with E-state index in [9.17, 15) is 14.4 Å². The molecule has 0 aromatic heterocycles. The van der Waals surface area contributed by atoms with Gasteiger partial charge >= 0.3 is 0 Å². The first-order valence-corrected chi connectivity index (χ1v) is 7.89. The van der Waals surface area contributed by atoms with Gasteiger partial charge in [0.25, 0.3) is 0 Å². The van der Waals surface area contributed by atoms with Crippen LogP contribution in [0.2, 0.25) is 0 Å². The minimum atomic E-state index is -0.492. The fourth-order valence-corrected chi connectivity index (χ4v) is 1.78. The summed E-state index contributed by atoms with van der Waals surface area (Å²) in [6.45, 7) is 10.4. The van der Waals surface area contributed by atoms with Crippen molar-refractivity contribution in [3.63, 3.8) is 0 Å². The maximum atomic E-state index is 12.3. The SMILES string of the molecule is CCCNC(=O)CC(CC(=O)NC)NC(=O)C(C)C(C)(C)C. The summed E-state index contributed by atoms with van der Waals surface area (Å²) in [6, 6.07) is -0.492. The van der Waals surface area contributed by atoms with Crippen LogP contribution in [0.25, 0.3) is 0 Å². The fourth-order valence-electron chi connectivity index (χ4n) is 1.78. The molecule has 0 aliphatic heterocycles. The van der Waals surface area contributed by atoms with Crippen LogP contribution in [0.5, 0.6) is 0 Å². The molecule has 0 aromatic carbocycles. The Labute approximate surface area is 133 Å². The third kappa shape index (κ3) is 8.00. The number of carbonyl (C=O) groups is 3. The summed E-state index contributed by atoms with van der Waals surface area (Å²) in [6.07, 6.45) is 1.05. The van der Waals surface area contributed by atoms with Crippen LogP contribution in [-0.2, 0) is 14.4 Å². The highest BCUT2D eigenvalue weighted by atomic mass is 16.2. The largest absolute Gasteiger partial charge is 0.359 e. The smallest absolute Gasteiger partial charge is 0.223 e. The van der Waals surface area contributed by atoms with E-state index < -0.39 is 6.04 Å². The van der Waals surface area contributed by atoms with Crippen LogP contribution in [0.1, 0.15) is 53.9 Å².